The summed E-state index contributed by atoms with van der Waals surface area (Å²) in [5, 5.41) is 3.91. The Kier molecular flexibility index (Phi) is 3.24. The Labute approximate surface area is 85.9 Å². The molecule has 0 aliphatic heterocycles. The van der Waals surface area contributed by atoms with Gasteiger partial charge in [0.05, 0.1) is 0 Å². The molecule has 0 spiro atoms. The lowest BCUT2D eigenvalue weighted by Gasteiger charge is -2.10. The van der Waals surface area contributed by atoms with Crippen LogP contribution in [0.4, 0.5) is 0 Å². The predicted octanol–water partition coefficient (Wildman–Crippen LogP) is -0.0151. The number of carbonyl (C=O) groups is 1. The van der Waals surface area contributed by atoms with Gasteiger partial charge in [0, 0.05) is 20.2 Å². The van der Waals surface area contributed by atoms with Gasteiger partial charge >= 0.3 is 0 Å². The molecule has 0 aliphatic rings. The second-order valence-corrected chi connectivity index (χ2v) is 3.33. The minimum absolute atomic E-state index is 0.0909. The number of likely N-dealkylation sites (N-methyl/N-ethyl adjacent to an activating group) is 1. The molecule has 0 fully saturated rings. The first-order valence-corrected chi connectivity index (χ1v) is 4.32. The molecular formula is C8H10ClN3O2. The van der Waals surface area contributed by atoms with Gasteiger partial charge in [0.25, 0.3) is 5.56 Å². The molecule has 76 valence electrons. The smallest absolute Gasteiger partial charge is 0.267 e. The first-order chi connectivity index (χ1) is 6.50. The number of nitrogens with zero attached hydrogens (tertiary/aromatic N) is 3. The lowest BCUT2D eigenvalue weighted by molar-refractivity contribution is -0.129. The molecule has 5 nitrogen and oxygen atoms in total. The predicted molar refractivity (Wildman–Crippen MR) is 52.2 cm³/mol. The zero-order chi connectivity index (χ0) is 10.7. The van der Waals surface area contributed by atoms with E-state index in [1.165, 1.54) is 17.0 Å². The number of carbonyl (C=O) groups excluding carboxylic acids is 1. The fourth-order valence-electron chi connectivity index (χ4n) is 0.807. The second-order valence-electron chi connectivity index (χ2n) is 2.94. The van der Waals surface area contributed by atoms with E-state index in [1.54, 1.807) is 14.1 Å². The molecule has 6 heteroatoms. The number of aromatic nitrogens is 2. The molecule has 0 aliphatic carbocycles. The van der Waals surface area contributed by atoms with Crippen molar-refractivity contribution in [1.29, 1.82) is 0 Å². The Morgan fingerprint density at radius 3 is 2.79 bits per heavy atom. The molecule has 1 aromatic heterocycles. The summed E-state index contributed by atoms with van der Waals surface area (Å²) in [6.45, 7) is -0.0909. The average molecular weight is 216 g/mol. The zero-order valence-corrected chi connectivity index (χ0v) is 8.65. The first-order valence-electron chi connectivity index (χ1n) is 3.94. The van der Waals surface area contributed by atoms with Crippen LogP contribution in [0.5, 0.6) is 0 Å². The van der Waals surface area contributed by atoms with Crippen molar-refractivity contribution < 1.29 is 4.79 Å². The number of rotatable bonds is 2. The molecule has 0 saturated heterocycles. The number of halogens is 1. The van der Waals surface area contributed by atoms with Crippen LogP contribution in [0, 0.1) is 0 Å². The van der Waals surface area contributed by atoms with Gasteiger partial charge in [0.15, 0.2) is 0 Å². The molecule has 0 aromatic carbocycles. The van der Waals surface area contributed by atoms with Crippen LogP contribution >= 0.6 is 11.6 Å². The minimum atomic E-state index is -0.343. The summed E-state index contributed by atoms with van der Waals surface area (Å²) in [7, 11) is 3.22. The first kappa shape index (κ1) is 10.7. The normalized spacial score (nSPS) is 9.93. The van der Waals surface area contributed by atoms with Crippen LogP contribution in [0.1, 0.15) is 0 Å². The summed E-state index contributed by atoms with van der Waals surface area (Å²) in [5.74, 6) is -0.207. The third kappa shape index (κ3) is 2.56. The zero-order valence-electron chi connectivity index (χ0n) is 7.90. The van der Waals surface area contributed by atoms with E-state index in [4.69, 9.17) is 11.6 Å². The summed E-state index contributed by atoms with van der Waals surface area (Å²) in [4.78, 5) is 23.8. The van der Waals surface area contributed by atoms with Crippen molar-refractivity contribution in [3.8, 4) is 0 Å². The van der Waals surface area contributed by atoms with E-state index in [-0.39, 0.29) is 23.2 Å². The molecular weight excluding hydrogens is 206 g/mol. The lowest BCUT2D eigenvalue weighted by atomic mass is 10.5. The van der Waals surface area contributed by atoms with Crippen LogP contribution in [0.3, 0.4) is 0 Å². The maximum atomic E-state index is 11.3. The van der Waals surface area contributed by atoms with Crippen molar-refractivity contribution in [3.63, 3.8) is 0 Å². The van der Waals surface area contributed by atoms with Crippen molar-refractivity contribution in [2.75, 3.05) is 14.1 Å². The van der Waals surface area contributed by atoms with Gasteiger partial charge in [-0.25, -0.2) is 4.68 Å². The van der Waals surface area contributed by atoms with Gasteiger partial charge in [-0.05, 0) is 6.07 Å². The van der Waals surface area contributed by atoms with E-state index in [9.17, 15) is 9.59 Å². The van der Waals surface area contributed by atoms with E-state index in [0.717, 1.165) is 4.68 Å². The highest BCUT2D eigenvalue weighted by atomic mass is 35.5. The molecule has 0 bridgehead atoms. The summed E-state index contributed by atoms with van der Waals surface area (Å²) >= 11 is 5.58. The number of amides is 1. The number of hydrogen-bond donors (Lipinski definition) is 0. The molecule has 0 saturated carbocycles. The molecule has 0 N–H and O–H groups in total. The van der Waals surface area contributed by atoms with Crippen molar-refractivity contribution in [1.82, 2.24) is 14.7 Å². The van der Waals surface area contributed by atoms with Gasteiger partial charge in [-0.1, -0.05) is 11.6 Å². The molecule has 0 radical (unpaired) electrons. The molecule has 14 heavy (non-hydrogen) atoms. The van der Waals surface area contributed by atoms with E-state index >= 15 is 0 Å². The van der Waals surface area contributed by atoms with Crippen molar-refractivity contribution in [3.05, 3.63) is 27.6 Å². The van der Waals surface area contributed by atoms with Crippen LogP contribution in [0.15, 0.2) is 16.9 Å². The van der Waals surface area contributed by atoms with Crippen molar-refractivity contribution in [2.45, 2.75) is 6.54 Å². The quantitative estimate of drug-likeness (QED) is 0.697. The number of hydrogen-bond acceptors (Lipinski definition) is 3. The Balaban J connectivity index is 2.92. The lowest BCUT2D eigenvalue weighted by Crippen LogP contribution is -2.32. The van der Waals surface area contributed by atoms with Crippen LogP contribution in [-0.2, 0) is 11.3 Å². The Hall–Kier alpha value is -1.36. The third-order valence-corrected chi connectivity index (χ3v) is 1.82. The van der Waals surface area contributed by atoms with Gasteiger partial charge in [-0.15, -0.1) is 0 Å². The Morgan fingerprint density at radius 1 is 1.57 bits per heavy atom. The Morgan fingerprint density at radius 2 is 2.21 bits per heavy atom. The fourth-order valence-corrected chi connectivity index (χ4v) is 0.961. The van der Waals surface area contributed by atoms with Crippen LogP contribution in [0.2, 0.25) is 5.15 Å². The van der Waals surface area contributed by atoms with Crippen molar-refractivity contribution in [2.24, 2.45) is 0 Å². The Bertz CT molecular complexity index is 400. The van der Waals surface area contributed by atoms with Gasteiger partial charge in [0.1, 0.15) is 11.7 Å². The monoisotopic (exact) mass is 215 g/mol. The average Bonchev–Trinajstić information content (AvgIpc) is 2.11. The summed E-state index contributed by atoms with van der Waals surface area (Å²) < 4.78 is 1.03. The molecule has 0 unspecified atom stereocenters. The van der Waals surface area contributed by atoms with Crippen LogP contribution in [0.25, 0.3) is 0 Å². The second kappa shape index (κ2) is 4.23. The van der Waals surface area contributed by atoms with Gasteiger partial charge in [0.2, 0.25) is 5.91 Å². The third-order valence-electron chi connectivity index (χ3n) is 1.62. The van der Waals surface area contributed by atoms with Crippen molar-refractivity contribution >= 4 is 17.5 Å². The molecule has 1 heterocycles. The van der Waals surface area contributed by atoms with Gasteiger partial charge in [-0.3, -0.25) is 9.59 Å². The van der Waals surface area contributed by atoms with Crippen LogP contribution < -0.4 is 5.56 Å². The molecule has 0 atom stereocenters. The van der Waals surface area contributed by atoms with E-state index in [2.05, 4.69) is 5.10 Å². The summed E-state index contributed by atoms with van der Waals surface area (Å²) in [6, 6.07) is 2.67. The standard InChI is InChI=1S/C8H10ClN3O2/c1-11(2)8(14)5-12-7(13)4-3-6(9)10-12/h3-4H,5H2,1-2H3. The fraction of sp³-hybridized carbons (Fsp3) is 0.375. The highest BCUT2D eigenvalue weighted by Gasteiger charge is 2.07. The van der Waals surface area contributed by atoms with E-state index in [0.29, 0.717) is 0 Å². The van der Waals surface area contributed by atoms with E-state index < -0.39 is 0 Å². The molecule has 1 amide bonds. The maximum Gasteiger partial charge on any atom is 0.267 e. The van der Waals surface area contributed by atoms with E-state index in [1.807, 2.05) is 0 Å². The summed E-state index contributed by atoms with van der Waals surface area (Å²) in [6.07, 6.45) is 0. The highest BCUT2D eigenvalue weighted by Crippen LogP contribution is 1.97. The molecule has 1 aromatic rings. The van der Waals surface area contributed by atoms with Crippen LogP contribution in [-0.4, -0.2) is 34.7 Å². The molecule has 1 rings (SSSR count). The van der Waals surface area contributed by atoms with Gasteiger partial charge in [-0.2, -0.15) is 5.10 Å². The SMILES string of the molecule is CN(C)C(=O)Cn1nc(Cl)ccc1=O. The summed E-state index contributed by atoms with van der Waals surface area (Å²) in [5.41, 5.74) is -0.343. The van der Waals surface area contributed by atoms with Gasteiger partial charge < -0.3 is 4.90 Å². The highest BCUT2D eigenvalue weighted by molar-refractivity contribution is 6.29. The minimum Gasteiger partial charge on any atom is -0.347 e. The topological polar surface area (TPSA) is 55.2 Å². The largest absolute Gasteiger partial charge is 0.347 e. The maximum absolute atomic E-state index is 11.3.